The van der Waals surface area contributed by atoms with Crippen molar-refractivity contribution in [3.05, 3.63) is 70.9 Å². The Kier molecular flexibility index (Phi) is 4.33. The summed E-state index contributed by atoms with van der Waals surface area (Å²) in [4.78, 5) is 24.3. The first-order valence-electron chi connectivity index (χ1n) is 8.40. The molecule has 0 bridgehead atoms. The third-order valence-corrected chi connectivity index (χ3v) is 4.29. The van der Waals surface area contributed by atoms with Crippen molar-refractivity contribution < 1.29 is 9.47 Å². The Morgan fingerprint density at radius 2 is 1.93 bits per heavy atom. The van der Waals surface area contributed by atoms with Gasteiger partial charge in [0.25, 0.3) is 5.56 Å². The Bertz CT molecular complexity index is 1150. The smallest absolute Gasteiger partial charge is 0.262 e. The molecule has 4 aromatic rings. The SMILES string of the molecule is COc1cc(OC)c2c(=O)[nH]c(-c3cn(Cc4ccccc4)cn3)nc2c1. The van der Waals surface area contributed by atoms with Crippen LogP contribution in [0, 0.1) is 0 Å². The summed E-state index contributed by atoms with van der Waals surface area (Å²) in [5.74, 6) is 1.38. The van der Waals surface area contributed by atoms with Gasteiger partial charge in [-0.1, -0.05) is 30.3 Å². The predicted molar refractivity (Wildman–Crippen MR) is 102 cm³/mol. The van der Waals surface area contributed by atoms with Gasteiger partial charge in [0.2, 0.25) is 0 Å². The van der Waals surface area contributed by atoms with Crippen molar-refractivity contribution in [1.29, 1.82) is 0 Å². The average Bonchev–Trinajstić information content (AvgIpc) is 3.16. The molecule has 0 unspecified atom stereocenters. The molecule has 0 fully saturated rings. The Balaban J connectivity index is 1.75. The van der Waals surface area contributed by atoms with Crippen molar-refractivity contribution in [2.45, 2.75) is 6.54 Å². The van der Waals surface area contributed by atoms with E-state index in [-0.39, 0.29) is 5.56 Å². The fourth-order valence-electron chi connectivity index (χ4n) is 2.97. The van der Waals surface area contributed by atoms with Gasteiger partial charge in [0.15, 0.2) is 5.82 Å². The third kappa shape index (κ3) is 3.27. The van der Waals surface area contributed by atoms with E-state index in [1.807, 2.05) is 41.1 Å². The van der Waals surface area contributed by atoms with Crippen molar-refractivity contribution in [3.8, 4) is 23.0 Å². The van der Waals surface area contributed by atoms with Crippen LogP contribution < -0.4 is 15.0 Å². The maximum absolute atomic E-state index is 12.6. The quantitative estimate of drug-likeness (QED) is 0.590. The lowest BCUT2D eigenvalue weighted by molar-refractivity contribution is 0.397. The van der Waals surface area contributed by atoms with Crippen LogP contribution in [0.5, 0.6) is 11.5 Å². The summed E-state index contributed by atoms with van der Waals surface area (Å²) in [6.45, 7) is 0.688. The molecular weight excluding hydrogens is 344 g/mol. The summed E-state index contributed by atoms with van der Waals surface area (Å²) in [6.07, 6.45) is 3.58. The van der Waals surface area contributed by atoms with E-state index in [1.54, 1.807) is 25.6 Å². The molecule has 0 radical (unpaired) electrons. The number of nitrogens with one attached hydrogen (secondary N) is 1. The van der Waals surface area contributed by atoms with Crippen LogP contribution in [0.3, 0.4) is 0 Å². The van der Waals surface area contributed by atoms with Gasteiger partial charge in [0.1, 0.15) is 22.6 Å². The highest BCUT2D eigenvalue weighted by molar-refractivity contribution is 5.87. The number of aromatic nitrogens is 4. The minimum absolute atomic E-state index is 0.285. The molecule has 2 aromatic carbocycles. The van der Waals surface area contributed by atoms with Gasteiger partial charge in [-0.2, -0.15) is 0 Å². The van der Waals surface area contributed by atoms with E-state index in [0.29, 0.717) is 40.5 Å². The summed E-state index contributed by atoms with van der Waals surface area (Å²) in [5, 5.41) is 0.380. The first-order valence-corrected chi connectivity index (χ1v) is 8.40. The van der Waals surface area contributed by atoms with Crippen LogP contribution in [0.25, 0.3) is 22.4 Å². The van der Waals surface area contributed by atoms with Gasteiger partial charge in [0.05, 0.1) is 26.1 Å². The number of fused-ring (bicyclic) bond motifs is 1. The maximum atomic E-state index is 12.6. The van der Waals surface area contributed by atoms with Crippen molar-refractivity contribution in [1.82, 2.24) is 19.5 Å². The number of methoxy groups -OCH3 is 2. The van der Waals surface area contributed by atoms with Crippen molar-refractivity contribution >= 4 is 10.9 Å². The highest BCUT2D eigenvalue weighted by Gasteiger charge is 2.14. The molecule has 2 aromatic heterocycles. The van der Waals surface area contributed by atoms with Crippen LogP contribution in [0.1, 0.15) is 5.56 Å². The summed E-state index contributed by atoms with van der Waals surface area (Å²) in [7, 11) is 3.06. The Hall–Kier alpha value is -3.61. The number of nitrogens with zero attached hydrogens (tertiary/aromatic N) is 3. The number of H-pyrrole nitrogens is 1. The molecule has 136 valence electrons. The van der Waals surface area contributed by atoms with Crippen LogP contribution in [0.4, 0.5) is 0 Å². The molecule has 2 heterocycles. The lowest BCUT2D eigenvalue weighted by Gasteiger charge is -2.08. The van der Waals surface area contributed by atoms with Crippen molar-refractivity contribution in [2.24, 2.45) is 0 Å². The predicted octanol–water partition coefficient (Wildman–Crippen LogP) is 2.85. The second kappa shape index (κ2) is 6.95. The number of hydrogen-bond acceptors (Lipinski definition) is 5. The average molecular weight is 362 g/mol. The van der Waals surface area contributed by atoms with E-state index < -0.39 is 0 Å². The molecule has 27 heavy (non-hydrogen) atoms. The second-order valence-electron chi connectivity index (χ2n) is 6.06. The molecule has 0 amide bonds. The number of rotatable bonds is 5. The molecule has 1 N–H and O–H groups in total. The monoisotopic (exact) mass is 362 g/mol. The van der Waals surface area contributed by atoms with Crippen LogP contribution in [0.2, 0.25) is 0 Å². The fourth-order valence-corrected chi connectivity index (χ4v) is 2.97. The zero-order chi connectivity index (χ0) is 18.8. The minimum Gasteiger partial charge on any atom is -0.497 e. The van der Waals surface area contributed by atoms with Gasteiger partial charge < -0.3 is 19.0 Å². The van der Waals surface area contributed by atoms with Gasteiger partial charge in [0, 0.05) is 24.9 Å². The summed E-state index contributed by atoms with van der Waals surface area (Å²) in [6, 6.07) is 13.4. The molecule has 7 heteroatoms. The van der Waals surface area contributed by atoms with E-state index in [9.17, 15) is 4.79 Å². The zero-order valence-electron chi connectivity index (χ0n) is 15.0. The van der Waals surface area contributed by atoms with Gasteiger partial charge in [-0.3, -0.25) is 4.79 Å². The minimum atomic E-state index is -0.285. The van der Waals surface area contributed by atoms with E-state index >= 15 is 0 Å². The normalized spacial score (nSPS) is 10.9. The maximum Gasteiger partial charge on any atom is 0.262 e. The lowest BCUT2D eigenvalue weighted by atomic mass is 10.2. The van der Waals surface area contributed by atoms with E-state index in [0.717, 1.165) is 5.56 Å². The first kappa shape index (κ1) is 16.8. The highest BCUT2D eigenvalue weighted by Crippen LogP contribution is 2.28. The van der Waals surface area contributed by atoms with Gasteiger partial charge in [-0.05, 0) is 5.56 Å². The highest BCUT2D eigenvalue weighted by atomic mass is 16.5. The molecule has 0 aliphatic carbocycles. The zero-order valence-corrected chi connectivity index (χ0v) is 15.0. The molecule has 0 aliphatic heterocycles. The van der Waals surface area contributed by atoms with Crippen LogP contribution in [-0.4, -0.2) is 33.7 Å². The molecule has 0 saturated carbocycles. The standard InChI is InChI=1S/C20H18N4O3/c1-26-14-8-15-18(17(9-14)27-2)20(25)23-19(22-15)16-11-24(12-21-16)10-13-6-4-3-5-7-13/h3-9,11-12H,10H2,1-2H3,(H,22,23,25). The lowest BCUT2D eigenvalue weighted by Crippen LogP contribution is -2.11. The molecule has 4 rings (SSSR count). The number of hydrogen-bond donors (Lipinski definition) is 1. The van der Waals surface area contributed by atoms with E-state index in [1.165, 1.54) is 7.11 Å². The number of aromatic amines is 1. The fraction of sp³-hybridized carbons (Fsp3) is 0.150. The second-order valence-corrected chi connectivity index (χ2v) is 6.06. The van der Waals surface area contributed by atoms with Crippen molar-refractivity contribution in [3.63, 3.8) is 0 Å². The number of imidazole rings is 1. The summed E-state index contributed by atoms with van der Waals surface area (Å²) < 4.78 is 12.5. The topological polar surface area (TPSA) is 82.0 Å². The van der Waals surface area contributed by atoms with Crippen LogP contribution in [-0.2, 0) is 6.54 Å². The summed E-state index contributed by atoms with van der Waals surface area (Å²) in [5.41, 5.74) is 1.96. The molecular formula is C20H18N4O3. The molecule has 0 spiro atoms. The largest absolute Gasteiger partial charge is 0.497 e. The Morgan fingerprint density at radius 1 is 1.11 bits per heavy atom. The van der Waals surface area contributed by atoms with E-state index in [2.05, 4.69) is 15.0 Å². The van der Waals surface area contributed by atoms with Crippen LogP contribution in [0.15, 0.2) is 59.8 Å². The van der Waals surface area contributed by atoms with Crippen molar-refractivity contribution in [2.75, 3.05) is 14.2 Å². The Labute approximate surface area is 155 Å². The van der Waals surface area contributed by atoms with Gasteiger partial charge >= 0.3 is 0 Å². The van der Waals surface area contributed by atoms with Gasteiger partial charge in [-0.15, -0.1) is 0 Å². The van der Waals surface area contributed by atoms with Gasteiger partial charge in [-0.25, -0.2) is 9.97 Å². The molecule has 0 atom stereocenters. The molecule has 0 aliphatic rings. The van der Waals surface area contributed by atoms with E-state index in [4.69, 9.17) is 9.47 Å². The number of ether oxygens (including phenoxy) is 2. The van der Waals surface area contributed by atoms with Crippen LogP contribution >= 0.6 is 0 Å². The first-order chi connectivity index (χ1) is 13.2. The Morgan fingerprint density at radius 3 is 2.67 bits per heavy atom. The number of benzene rings is 2. The molecule has 7 nitrogen and oxygen atoms in total. The third-order valence-electron chi connectivity index (χ3n) is 4.29. The molecule has 0 saturated heterocycles. The summed E-state index contributed by atoms with van der Waals surface area (Å²) >= 11 is 0.